The van der Waals surface area contributed by atoms with E-state index in [1.165, 1.54) is 18.4 Å². The van der Waals surface area contributed by atoms with E-state index in [0.717, 1.165) is 11.4 Å². The van der Waals surface area contributed by atoms with Crippen molar-refractivity contribution in [3.63, 3.8) is 0 Å². The summed E-state index contributed by atoms with van der Waals surface area (Å²) in [6.45, 7) is 2.29. The molecule has 1 unspecified atom stereocenters. The SMILES string of the molecule is CC1(C(Cc2ccc(Cl)cc2)NN)CC1. The molecule has 2 nitrogen and oxygen atoms in total. The van der Waals surface area contributed by atoms with Crippen molar-refractivity contribution < 1.29 is 0 Å². The predicted octanol–water partition coefficient (Wildman–Crippen LogP) is 2.51. The van der Waals surface area contributed by atoms with Crippen LogP contribution in [0.15, 0.2) is 24.3 Å². The summed E-state index contributed by atoms with van der Waals surface area (Å²) in [6.07, 6.45) is 3.52. The molecule has 2 rings (SSSR count). The largest absolute Gasteiger partial charge is 0.271 e. The molecule has 3 heteroatoms. The number of rotatable bonds is 4. The van der Waals surface area contributed by atoms with E-state index in [1.54, 1.807) is 0 Å². The lowest BCUT2D eigenvalue weighted by Gasteiger charge is -2.22. The average molecular weight is 225 g/mol. The van der Waals surface area contributed by atoms with Gasteiger partial charge in [0.25, 0.3) is 0 Å². The van der Waals surface area contributed by atoms with Crippen LogP contribution in [0.4, 0.5) is 0 Å². The number of hydrogen-bond donors (Lipinski definition) is 2. The van der Waals surface area contributed by atoms with E-state index in [1.807, 2.05) is 12.1 Å². The van der Waals surface area contributed by atoms with Crippen LogP contribution in [0.2, 0.25) is 5.02 Å². The van der Waals surface area contributed by atoms with Gasteiger partial charge in [-0.25, -0.2) is 0 Å². The Balaban J connectivity index is 2.03. The summed E-state index contributed by atoms with van der Waals surface area (Å²) in [5.74, 6) is 5.60. The first-order valence-corrected chi connectivity index (χ1v) is 5.72. The van der Waals surface area contributed by atoms with Crippen molar-refractivity contribution in [3.8, 4) is 0 Å². The molecule has 0 aromatic heterocycles. The van der Waals surface area contributed by atoms with Crippen LogP contribution in [0.25, 0.3) is 0 Å². The lowest BCUT2D eigenvalue weighted by Crippen LogP contribution is -2.42. The summed E-state index contributed by atoms with van der Waals surface area (Å²) in [7, 11) is 0. The van der Waals surface area contributed by atoms with Crippen molar-refractivity contribution in [2.75, 3.05) is 0 Å². The maximum atomic E-state index is 5.84. The molecule has 0 bridgehead atoms. The standard InChI is InChI=1S/C12H17ClN2/c1-12(6-7-12)11(15-14)8-9-2-4-10(13)5-3-9/h2-5,11,15H,6-8,14H2,1H3. The number of benzene rings is 1. The highest BCUT2D eigenvalue weighted by atomic mass is 35.5. The molecule has 1 aliphatic rings. The molecule has 0 radical (unpaired) electrons. The zero-order valence-electron chi connectivity index (χ0n) is 8.96. The van der Waals surface area contributed by atoms with Crippen molar-refractivity contribution in [2.45, 2.75) is 32.2 Å². The van der Waals surface area contributed by atoms with Crippen molar-refractivity contribution in [1.29, 1.82) is 0 Å². The molecule has 0 aliphatic heterocycles. The van der Waals surface area contributed by atoms with Gasteiger partial charge in [-0.05, 0) is 42.4 Å². The van der Waals surface area contributed by atoms with Gasteiger partial charge in [0.05, 0.1) is 0 Å². The average Bonchev–Trinajstić information content (AvgIpc) is 2.96. The van der Waals surface area contributed by atoms with Crippen LogP contribution in [0.5, 0.6) is 0 Å². The Morgan fingerprint density at radius 2 is 2.00 bits per heavy atom. The normalized spacial score (nSPS) is 19.9. The van der Waals surface area contributed by atoms with Gasteiger partial charge >= 0.3 is 0 Å². The summed E-state index contributed by atoms with van der Waals surface area (Å²) in [6, 6.07) is 8.37. The fourth-order valence-electron chi connectivity index (χ4n) is 1.91. The van der Waals surface area contributed by atoms with Gasteiger partial charge in [-0.3, -0.25) is 11.3 Å². The Morgan fingerprint density at radius 1 is 1.40 bits per heavy atom. The number of hydrogen-bond acceptors (Lipinski definition) is 2. The lowest BCUT2D eigenvalue weighted by atomic mass is 9.93. The highest BCUT2D eigenvalue weighted by Crippen LogP contribution is 2.48. The Morgan fingerprint density at radius 3 is 2.47 bits per heavy atom. The summed E-state index contributed by atoms with van der Waals surface area (Å²) in [4.78, 5) is 0. The van der Waals surface area contributed by atoms with Gasteiger partial charge < -0.3 is 0 Å². The van der Waals surface area contributed by atoms with E-state index in [0.29, 0.717) is 11.5 Å². The van der Waals surface area contributed by atoms with Crippen molar-refractivity contribution >= 4 is 11.6 Å². The van der Waals surface area contributed by atoms with Gasteiger partial charge in [-0.2, -0.15) is 0 Å². The van der Waals surface area contributed by atoms with Crippen LogP contribution < -0.4 is 11.3 Å². The molecular weight excluding hydrogens is 208 g/mol. The van der Waals surface area contributed by atoms with E-state index in [4.69, 9.17) is 17.4 Å². The minimum Gasteiger partial charge on any atom is -0.271 e. The lowest BCUT2D eigenvalue weighted by molar-refractivity contribution is 0.359. The Kier molecular flexibility index (Phi) is 3.01. The van der Waals surface area contributed by atoms with Gasteiger partial charge in [0.1, 0.15) is 0 Å². The smallest absolute Gasteiger partial charge is 0.0406 e. The molecule has 15 heavy (non-hydrogen) atoms. The maximum absolute atomic E-state index is 5.84. The second kappa shape index (κ2) is 4.12. The van der Waals surface area contributed by atoms with Gasteiger partial charge in [-0.1, -0.05) is 30.7 Å². The minimum atomic E-state index is 0.374. The topological polar surface area (TPSA) is 38.0 Å². The number of nitrogens with two attached hydrogens (primary N) is 1. The Bertz CT molecular complexity index is 330. The van der Waals surface area contributed by atoms with E-state index >= 15 is 0 Å². The van der Waals surface area contributed by atoms with Gasteiger partial charge in [0, 0.05) is 11.1 Å². The third-order valence-electron chi connectivity index (χ3n) is 3.43. The molecule has 3 N–H and O–H groups in total. The molecule has 1 fully saturated rings. The molecule has 0 amide bonds. The molecule has 0 spiro atoms. The quantitative estimate of drug-likeness (QED) is 0.609. The third kappa shape index (κ3) is 2.51. The molecule has 82 valence electrons. The monoisotopic (exact) mass is 224 g/mol. The second-order valence-electron chi connectivity index (χ2n) is 4.70. The highest BCUT2D eigenvalue weighted by Gasteiger charge is 2.44. The fourth-order valence-corrected chi connectivity index (χ4v) is 2.03. The van der Waals surface area contributed by atoms with E-state index in [-0.39, 0.29) is 0 Å². The van der Waals surface area contributed by atoms with Crippen molar-refractivity contribution in [1.82, 2.24) is 5.43 Å². The Hall–Kier alpha value is -0.570. The zero-order chi connectivity index (χ0) is 10.9. The molecule has 1 aromatic carbocycles. The molecule has 0 heterocycles. The van der Waals surface area contributed by atoms with Crippen LogP contribution >= 0.6 is 11.6 Å². The first-order chi connectivity index (χ1) is 7.14. The molecule has 1 saturated carbocycles. The Labute approximate surface area is 95.8 Å². The van der Waals surface area contributed by atoms with Gasteiger partial charge in [0.15, 0.2) is 0 Å². The molecule has 1 aliphatic carbocycles. The molecule has 1 aromatic rings. The van der Waals surface area contributed by atoms with Crippen LogP contribution in [-0.2, 0) is 6.42 Å². The zero-order valence-corrected chi connectivity index (χ0v) is 9.72. The first-order valence-electron chi connectivity index (χ1n) is 5.35. The van der Waals surface area contributed by atoms with E-state index in [2.05, 4.69) is 24.5 Å². The maximum Gasteiger partial charge on any atom is 0.0406 e. The predicted molar refractivity (Wildman–Crippen MR) is 63.6 cm³/mol. The molecular formula is C12H17ClN2. The van der Waals surface area contributed by atoms with Crippen LogP contribution in [0.3, 0.4) is 0 Å². The van der Waals surface area contributed by atoms with Crippen LogP contribution in [-0.4, -0.2) is 6.04 Å². The van der Waals surface area contributed by atoms with Gasteiger partial charge in [-0.15, -0.1) is 0 Å². The second-order valence-corrected chi connectivity index (χ2v) is 5.14. The summed E-state index contributed by atoms with van der Waals surface area (Å²) < 4.78 is 0. The molecule has 0 saturated heterocycles. The van der Waals surface area contributed by atoms with E-state index < -0.39 is 0 Å². The minimum absolute atomic E-state index is 0.374. The highest BCUT2D eigenvalue weighted by molar-refractivity contribution is 6.30. The van der Waals surface area contributed by atoms with Crippen LogP contribution in [0.1, 0.15) is 25.3 Å². The van der Waals surface area contributed by atoms with Gasteiger partial charge in [0.2, 0.25) is 0 Å². The van der Waals surface area contributed by atoms with Crippen molar-refractivity contribution in [3.05, 3.63) is 34.9 Å². The summed E-state index contributed by atoms with van der Waals surface area (Å²) in [5, 5.41) is 0.786. The number of hydrazine groups is 1. The van der Waals surface area contributed by atoms with Crippen LogP contribution in [0, 0.1) is 5.41 Å². The number of halogens is 1. The van der Waals surface area contributed by atoms with Crippen molar-refractivity contribution in [2.24, 2.45) is 11.3 Å². The summed E-state index contributed by atoms with van der Waals surface area (Å²) in [5.41, 5.74) is 4.62. The molecule has 1 atom stereocenters. The number of nitrogens with one attached hydrogen (secondary N) is 1. The fraction of sp³-hybridized carbons (Fsp3) is 0.500. The summed E-state index contributed by atoms with van der Waals surface area (Å²) >= 11 is 5.84. The van der Waals surface area contributed by atoms with E-state index in [9.17, 15) is 0 Å². The third-order valence-corrected chi connectivity index (χ3v) is 3.69. The first kappa shape index (κ1) is 10.9.